The van der Waals surface area contributed by atoms with Gasteiger partial charge in [0, 0.05) is 44.7 Å². The zero-order chi connectivity index (χ0) is 15.0. The fourth-order valence-corrected chi connectivity index (χ4v) is 4.61. The number of sulfonamides is 1. The van der Waals surface area contributed by atoms with Crippen molar-refractivity contribution in [3.63, 3.8) is 0 Å². The van der Waals surface area contributed by atoms with Gasteiger partial charge >= 0.3 is 0 Å². The predicted molar refractivity (Wildman–Crippen MR) is 79.3 cm³/mol. The number of hydrogen-bond acceptors (Lipinski definition) is 4. The van der Waals surface area contributed by atoms with Crippen molar-refractivity contribution in [1.29, 1.82) is 0 Å². The van der Waals surface area contributed by atoms with Crippen molar-refractivity contribution >= 4 is 10.0 Å². The van der Waals surface area contributed by atoms with E-state index in [1.54, 1.807) is 23.7 Å². The summed E-state index contributed by atoms with van der Waals surface area (Å²) >= 11 is 0. The van der Waals surface area contributed by atoms with Crippen molar-refractivity contribution in [3.8, 4) is 0 Å². The molecule has 1 saturated carbocycles. The van der Waals surface area contributed by atoms with E-state index in [0.29, 0.717) is 43.1 Å². The smallest absolute Gasteiger partial charge is 0.244 e. The molecule has 2 fully saturated rings. The first-order valence-electron chi connectivity index (χ1n) is 7.46. The average molecular weight is 313 g/mol. The van der Waals surface area contributed by atoms with E-state index in [1.807, 2.05) is 4.57 Å². The Balaban J connectivity index is 1.82. The first kappa shape index (κ1) is 15.0. The lowest BCUT2D eigenvalue weighted by molar-refractivity contribution is 0.157. The van der Waals surface area contributed by atoms with Crippen LogP contribution >= 0.6 is 0 Å². The van der Waals surface area contributed by atoms with Gasteiger partial charge in [0.15, 0.2) is 0 Å². The molecule has 2 aliphatic rings. The van der Waals surface area contributed by atoms with Crippen LogP contribution in [0.1, 0.15) is 31.0 Å². The van der Waals surface area contributed by atoms with Crippen molar-refractivity contribution < 1.29 is 13.2 Å². The topological polar surface area (TPSA) is 77.6 Å². The Morgan fingerprint density at radius 2 is 2.14 bits per heavy atom. The van der Waals surface area contributed by atoms with Crippen molar-refractivity contribution in [1.82, 2.24) is 8.87 Å². The van der Waals surface area contributed by atoms with Crippen molar-refractivity contribution in [3.05, 3.63) is 18.0 Å². The summed E-state index contributed by atoms with van der Waals surface area (Å²) < 4.78 is 34.2. The molecular formula is C14H23N3O3S. The fraction of sp³-hybridized carbons (Fsp3) is 0.714. The van der Waals surface area contributed by atoms with Crippen molar-refractivity contribution in [2.24, 2.45) is 11.7 Å². The average Bonchev–Trinajstić information content (AvgIpc) is 3.02. The molecule has 0 bridgehead atoms. The lowest BCUT2D eigenvalue weighted by Crippen LogP contribution is -2.29. The maximum atomic E-state index is 12.7. The lowest BCUT2D eigenvalue weighted by Gasteiger charge is -2.15. The van der Waals surface area contributed by atoms with E-state index >= 15 is 0 Å². The highest BCUT2D eigenvalue weighted by atomic mass is 32.2. The Labute approximate surface area is 125 Å². The Morgan fingerprint density at radius 1 is 1.38 bits per heavy atom. The molecule has 3 rings (SSSR count). The standard InChI is InChI=1S/C14H23N3O3S/c1-20-10-11-4-5-16(8-11)21(18,19)14-6-13(7-15)17(9-14)12-2-3-12/h6,9,11-12H,2-5,7-8,10,15H2,1H3. The molecule has 118 valence electrons. The van der Waals surface area contributed by atoms with E-state index in [9.17, 15) is 8.42 Å². The van der Waals surface area contributed by atoms with Gasteiger partial charge in [-0.25, -0.2) is 8.42 Å². The minimum Gasteiger partial charge on any atom is -0.384 e. The predicted octanol–water partition coefficient (Wildman–Crippen LogP) is 0.939. The molecule has 1 aromatic heterocycles. The van der Waals surface area contributed by atoms with Crippen LogP contribution in [-0.2, 0) is 21.3 Å². The molecule has 0 aromatic carbocycles. The Hall–Kier alpha value is -0.890. The number of nitrogens with zero attached hydrogens (tertiary/aromatic N) is 2. The summed E-state index contributed by atoms with van der Waals surface area (Å²) in [6, 6.07) is 2.17. The van der Waals surface area contributed by atoms with E-state index < -0.39 is 10.0 Å². The van der Waals surface area contributed by atoms with Gasteiger partial charge in [-0.3, -0.25) is 0 Å². The Bertz CT molecular complexity index is 607. The third kappa shape index (κ3) is 2.88. The zero-order valence-electron chi connectivity index (χ0n) is 12.4. The van der Waals surface area contributed by atoms with Crippen LogP contribution in [0.4, 0.5) is 0 Å². The van der Waals surface area contributed by atoms with E-state index in [2.05, 4.69) is 0 Å². The van der Waals surface area contributed by atoms with Crippen LogP contribution < -0.4 is 5.73 Å². The Morgan fingerprint density at radius 3 is 2.76 bits per heavy atom. The summed E-state index contributed by atoms with van der Waals surface area (Å²) in [5, 5.41) is 0. The second kappa shape index (κ2) is 5.72. The van der Waals surface area contributed by atoms with Gasteiger partial charge in [0.1, 0.15) is 4.90 Å². The van der Waals surface area contributed by atoms with Crippen LogP contribution in [0.25, 0.3) is 0 Å². The zero-order valence-corrected chi connectivity index (χ0v) is 13.2. The summed E-state index contributed by atoms with van der Waals surface area (Å²) in [7, 11) is -1.75. The number of hydrogen-bond donors (Lipinski definition) is 1. The van der Waals surface area contributed by atoms with Gasteiger partial charge in [-0.15, -0.1) is 0 Å². The minimum absolute atomic E-state index is 0.296. The number of ether oxygens (including phenoxy) is 1. The van der Waals surface area contributed by atoms with Gasteiger partial charge in [0.05, 0.1) is 6.61 Å². The van der Waals surface area contributed by atoms with Gasteiger partial charge in [-0.05, 0) is 31.2 Å². The Kier molecular flexibility index (Phi) is 4.09. The molecule has 1 aromatic rings. The molecule has 1 saturated heterocycles. The third-order valence-corrected chi connectivity index (χ3v) is 6.18. The third-order valence-electron chi connectivity index (χ3n) is 4.34. The van der Waals surface area contributed by atoms with E-state index in [0.717, 1.165) is 25.0 Å². The number of nitrogens with two attached hydrogens (primary N) is 1. The van der Waals surface area contributed by atoms with Crippen LogP contribution in [0, 0.1) is 5.92 Å². The van der Waals surface area contributed by atoms with E-state index in [1.165, 1.54) is 0 Å². The SMILES string of the molecule is COCC1CCN(S(=O)(=O)c2cc(CN)n(C3CC3)c2)C1. The molecule has 0 spiro atoms. The molecule has 0 radical (unpaired) electrons. The quantitative estimate of drug-likeness (QED) is 0.848. The molecular weight excluding hydrogens is 290 g/mol. The molecule has 21 heavy (non-hydrogen) atoms. The number of aromatic nitrogens is 1. The molecule has 1 aliphatic carbocycles. The fourth-order valence-electron chi connectivity index (χ4n) is 3.03. The largest absolute Gasteiger partial charge is 0.384 e. The monoisotopic (exact) mass is 313 g/mol. The molecule has 1 aliphatic heterocycles. The lowest BCUT2D eigenvalue weighted by atomic mass is 10.1. The van der Waals surface area contributed by atoms with Crippen LogP contribution in [0.2, 0.25) is 0 Å². The highest BCUT2D eigenvalue weighted by molar-refractivity contribution is 7.89. The van der Waals surface area contributed by atoms with Crippen LogP contribution in [-0.4, -0.2) is 44.1 Å². The summed E-state index contributed by atoms with van der Waals surface area (Å²) in [6.45, 7) is 2.10. The summed E-state index contributed by atoms with van der Waals surface area (Å²) in [4.78, 5) is 0.382. The molecule has 2 N–H and O–H groups in total. The number of rotatable bonds is 6. The van der Waals surface area contributed by atoms with Crippen molar-refractivity contribution in [2.45, 2.75) is 36.7 Å². The highest BCUT2D eigenvalue weighted by Crippen LogP contribution is 2.37. The molecule has 1 unspecified atom stereocenters. The van der Waals surface area contributed by atoms with Gasteiger partial charge in [0.25, 0.3) is 0 Å². The second-order valence-corrected chi connectivity index (χ2v) is 7.92. The van der Waals surface area contributed by atoms with Gasteiger partial charge < -0.3 is 15.0 Å². The maximum Gasteiger partial charge on any atom is 0.244 e. The first-order chi connectivity index (χ1) is 10.1. The van der Waals surface area contributed by atoms with Crippen LogP contribution in [0.3, 0.4) is 0 Å². The van der Waals surface area contributed by atoms with E-state index in [-0.39, 0.29) is 0 Å². The van der Waals surface area contributed by atoms with Gasteiger partial charge in [-0.2, -0.15) is 4.31 Å². The maximum absolute atomic E-state index is 12.7. The van der Waals surface area contributed by atoms with Gasteiger partial charge in [-0.1, -0.05) is 0 Å². The molecule has 2 heterocycles. The second-order valence-electron chi connectivity index (χ2n) is 5.98. The summed E-state index contributed by atoms with van der Waals surface area (Å²) in [5.74, 6) is 0.296. The van der Waals surface area contributed by atoms with Crippen molar-refractivity contribution in [2.75, 3.05) is 26.8 Å². The molecule has 7 heteroatoms. The van der Waals surface area contributed by atoms with E-state index in [4.69, 9.17) is 10.5 Å². The van der Waals surface area contributed by atoms with Crippen LogP contribution in [0.5, 0.6) is 0 Å². The minimum atomic E-state index is -3.41. The molecule has 1 atom stereocenters. The summed E-state index contributed by atoms with van der Waals surface area (Å²) in [5.41, 5.74) is 6.65. The first-order valence-corrected chi connectivity index (χ1v) is 8.90. The molecule has 0 amide bonds. The number of methoxy groups -OCH3 is 1. The van der Waals surface area contributed by atoms with Gasteiger partial charge in [0.2, 0.25) is 10.0 Å². The van der Waals surface area contributed by atoms with Crippen LogP contribution in [0.15, 0.2) is 17.2 Å². The normalized spacial score (nSPS) is 23.8. The highest BCUT2D eigenvalue weighted by Gasteiger charge is 2.34. The summed E-state index contributed by atoms with van der Waals surface area (Å²) in [6.07, 6.45) is 4.85. The molecule has 6 nitrogen and oxygen atoms in total.